The van der Waals surface area contributed by atoms with Crippen molar-refractivity contribution in [2.75, 3.05) is 5.32 Å². The van der Waals surface area contributed by atoms with E-state index < -0.39 is 11.1 Å². The SMILES string of the molecule is CC[C@H](Sc1nc2ccccc2c2nc(CCn3c(C)nc4ccccc43)nn12)C(=O)Nc1ccccc1F. The van der Waals surface area contributed by atoms with Crippen molar-refractivity contribution in [2.45, 2.75) is 43.6 Å². The van der Waals surface area contributed by atoms with Crippen LogP contribution >= 0.6 is 11.8 Å². The normalized spacial score (nSPS) is 12.4. The van der Waals surface area contributed by atoms with Crippen molar-refractivity contribution in [3.8, 4) is 0 Å². The van der Waals surface area contributed by atoms with E-state index in [2.05, 4.69) is 20.9 Å². The number of rotatable bonds is 8. The number of anilines is 1. The molecule has 6 aromatic rings. The van der Waals surface area contributed by atoms with E-state index in [4.69, 9.17) is 15.1 Å². The molecule has 0 aliphatic carbocycles. The van der Waals surface area contributed by atoms with E-state index in [0.717, 1.165) is 27.8 Å². The fraction of sp³-hybridized carbons (Fsp3) is 0.207. The van der Waals surface area contributed by atoms with Crippen molar-refractivity contribution in [3.63, 3.8) is 0 Å². The Morgan fingerprint density at radius 3 is 2.54 bits per heavy atom. The second-order valence-corrected chi connectivity index (χ2v) is 10.4. The van der Waals surface area contributed by atoms with Crippen LogP contribution in [0.4, 0.5) is 10.1 Å². The third kappa shape index (κ3) is 4.83. The molecule has 0 fully saturated rings. The first-order valence-corrected chi connectivity index (χ1v) is 13.7. The van der Waals surface area contributed by atoms with E-state index in [1.807, 2.05) is 56.3 Å². The van der Waals surface area contributed by atoms with E-state index in [9.17, 15) is 9.18 Å². The second kappa shape index (κ2) is 10.5. The van der Waals surface area contributed by atoms with Crippen molar-refractivity contribution in [2.24, 2.45) is 0 Å². The molecule has 196 valence electrons. The lowest BCUT2D eigenvalue weighted by molar-refractivity contribution is -0.115. The van der Waals surface area contributed by atoms with Gasteiger partial charge in [0.05, 0.1) is 27.5 Å². The largest absolute Gasteiger partial charge is 0.328 e. The molecule has 3 aromatic heterocycles. The lowest BCUT2D eigenvalue weighted by atomic mass is 10.2. The van der Waals surface area contributed by atoms with Crippen molar-refractivity contribution >= 4 is 50.9 Å². The van der Waals surface area contributed by atoms with Gasteiger partial charge in [-0.15, -0.1) is 5.10 Å². The Hall–Kier alpha value is -4.31. The average Bonchev–Trinajstić information content (AvgIpc) is 3.52. The minimum absolute atomic E-state index is 0.156. The molecule has 0 aliphatic rings. The Bertz CT molecular complexity index is 1830. The molecule has 0 saturated heterocycles. The third-order valence-corrected chi connectivity index (χ3v) is 7.95. The van der Waals surface area contributed by atoms with Crippen molar-refractivity contribution in [1.29, 1.82) is 0 Å². The summed E-state index contributed by atoms with van der Waals surface area (Å²) < 4.78 is 18.0. The molecule has 0 bridgehead atoms. The quantitative estimate of drug-likeness (QED) is 0.193. The molecule has 10 heteroatoms. The minimum Gasteiger partial charge on any atom is -0.328 e. The number of halogens is 1. The molecular weight excluding hydrogens is 513 g/mol. The number of nitrogens with one attached hydrogen (secondary N) is 1. The Morgan fingerprint density at radius 2 is 1.72 bits per heavy atom. The highest BCUT2D eigenvalue weighted by atomic mass is 32.2. The van der Waals surface area contributed by atoms with Gasteiger partial charge in [-0.2, -0.15) is 4.52 Å². The predicted octanol–water partition coefficient (Wildman–Crippen LogP) is 5.83. The summed E-state index contributed by atoms with van der Waals surface area (Å²) in [6.07, 6.45) is 1.13. The highest BCUT2D eigenvalue weighted by molar-refractivity contribution is 8.00. The van der Waals surface area contributed by atoms with Crippen LogP contribution in [0.25, 0.3) is 27.6 Å². The van der Waals surface area contributed by atoms with Gasteiger partial charge in [-0.05, 0) is 49.7 Å². The summed E-state index contributed by atoms with van der Waals surface area (Å²) in [5.41, 5.74) is 3.66. The maximum atomic E-state index is 14.2. The second-order valence-electron chi connectivity index (χ2n) is 9.21. The third-order valence-electron chi connectivity index (χ3n) is 6.64. The van der Waals surface area contributed by atoms with Crippen LogP contribution in [-0.2, 0) is 17.8 Å². The van der Waals surface area contributed by atoms with E-state index in [-0.39, 0.29) is 11.6 Å². The Morgan fingerprint density at radius 1 is 0.974 bits per heavy atom. The summed E-state index contributed by atoms with van der Waals surface area (Å²) in [6.45, 7) is 4.60. The zero-order chi connectivity index (χ0) is 26.9. The molecule has 3 heterocycles. The lowest BCUT2D eigenvalue weighted by Crippen LogP contribution is -2.25. The summed E-state index contributed by atoms with van der Waals surface area (Å²) in [5.74, 6) is 0.850. The van der Waals surface area contributed by atoms with Crippen molar-refractivity contribution < 1.29 is 9.18 Å². The van der Waals surface area contributed by atoms with Crippen LogP contribution in [-0.4, -0.2) is 40.3 Å². The number of carbonyl (C=O) groups is 1. The molecule has 6 rings (SSSR count). The molecule has 0 aliphatic heterocycles. The Kier molecular flexibility index (Phi) is 6.70. The molecule has 0 radical (unpaired) electrons. The number of para-hydroxylation sites is 4. The summed E-state index contributed by atoms with van der Waals surface area (Å²) in [5, 5.41) is 8.46. The van der Waals surface area contributed by atoms with E-state index >= 15 is 0 Å². The molecule has 1 atom stereocenters. The van der Waals surface area contributed by atoms with Crippen LogP contribution in [0.15, 0.2) is 78.0 Å². The van der Waals surface area contributed by atoms with Crippen molar-refractivity contribution in [3.05, 3.63) is 90.3 Å². The Labute approximate surface area is 228 Å². The number of thioether (sulfide) groups is 1. The van der Waals surface area contributed by atoms with Gasteiger partial charge in [0.25, 0.3) is 0 Å². The van der Waals surface area contributed by atoms with Gasteiger partial charge in [0.1, 0.15) is 11.6 Å². The highest BCUT2D eigenvalue weighted by Crippen LogP contribution is 2.29. The maximum absolute atomic E-state index is 14.2. The monoisotopic (exact) mass is 539 g/mol. The minimum atomic E-state index is -0.505. The predicted molar refractivity (Wildman–Crippen MR) is 151 cm³/mol. The first-order chi connectivity index (χ1) is 19.0. The van der Waals surface area contributed by atoms with Crippen LogP contribution in [0.1, 0.15) is 25.0 Å². The number of aromatic nitrogens is 6. The number of carbonyl (C=O) groups excluding carboxylic acids is 1. The van der Waals surface area contributed by atoms with E-state index in [0.29, 0.717) is 36.0 Å². The number of benzene rings is 3. The van der Waals surface area contributed by atoms with Crippen LogP contribution in [0.3, 0.4) is 0 Å². The molecule has 1 amide bonds. The van der Waals surface area contributed by atoms with Gasteiger partial charge >= 0.3 is 0 Å². The summed E-state index contributed by atoms with van der Waals surface area (Å²) in [4.78, 5) is 27.5. The summed E-state index contributed by atoms with van der Waals surface area (Å²) in [7, 11) is 0. The average molecular weight is 540 g/mol. The standard InChI is InChI=1S/C29H26FN7OS/c1-3-25(28(38)32-22-13-7-5-11-20(22)30)39-29-33-21-12-6-4-10-19(21)27-34-26(35-37(27)29)16-17-36-18(2)31-23-14-8-9-15-24(23)36/h4-15,25H,3,16-17H2,1-2H3,(H,32,38)/t25-/m0/s1. The smallest absolute Gasteiger partial charge is 0.238 e. The van der Waals surface area contributed by atoms with Gasteiger partial charge < -0.3 is 9.88 Å². The molecule has 1 N–H and O–H groups in total. The number of fused-ring (bicyclic) bond motifs is 4. The number of amides is 1. The first-order valence-electron chi connectivity index (χ1n) is 12.8. The number of hydrogen-bond acceptors (Lipinski definition) is 6. The van der Waals surface area contributed by atoms with E-state index in [1.54, 1.807) is 22.7 Å². The Balaban J connectivity index is 1.32. The first kappa shape index (κ1) is 25.0. The fourth-order valence-electron chi connectivity index (χ4n) is 4.67. The topological polar surface area (TPSA) is 90.0 Å². The van der Waals surface area contributed by atoms with Crippen molar-refractivity contribution in [1.82, 2.24) is 29.1 Å². The summed E-state index contributed by atoms with van der Waals surface area (Å²) >= 11 is 1.30. The lowest BCUT2D eigenvalue weighted by Gasteiger charge is -2.15. The fourth-order valence-corrected chi connectivity index (χ4v) is 5.64. The molecule has 39 heavy (non-hydrogen) atoms. The van der Waals surface area contributed by atoms with Crippen LogP contribution in [0, 0.1) is 12.7 Å². The number of hydrogen-bond donors (Lipinski definition) is 1. The number of aryl methyl sites for hydroxylation is 3. The molecule has 0 spiro atoms. The molecule has 0 unspecified atom stereocenters. The number of imidazole rings is 1. The molecular formula is C29H26FN7OS. The zero-order valence-electron chi connectivity index (χ0n) is 21.5. The maximum Gasteiger partial charge on any atom is 0.238 e. The van der Waals surface area contributed by atoms with Gasteiger partial charge in [-0.25, -0.2) is 19.3 Å². The van der Waals surface area contributed by atoms with Crippen LogP contribution in [0.2, 0.25) is 0 Å². The van der Waals surface area contributed by atoms with Gasteiger partial charge in [0.2, 0.25) is 5.91 Å². The highest BCUT2D eigenvalue weighted by Gasteiger charge is 2.23. The van der Waals surface area contributed by atoms with Crippen LogP contribution < -0.4 is 5.32 Å². The van der Waals surface area contributed by atoms with Gasteiger partial charge in [0, 0.05) is 18.4 Å². The van der Waals surface area contributed by atoms with Crippen LogP contribution in [0.5, 0.6) is 0 Å². The summed E-state index contributed by atoms with van der Waals surface area (Å²) in [6, 6.07) is 22.0. The van der Waals surface area contributed by atoms with Gasteiger partial charge in [-0.3, -0.25) is 4.79 Å². The molecule has 0 saturated carbocycles. The van der Waals surface area contributed by atoms with Gasteiger partial charge in [-0.1, -0.05) is 55.1 Å². The van der Waals surface area contributed by atoms with E-state index in [1.165, 1.54) is 17.8 Å². The van der Waals surface area contributed by atoms with Gasteiger partial charge in [0.15, 0.2) is 16.6 Å². The molecule has 8 nitrogen and oxygen atoms in total. The zero-order valence-corrected chi connectivity index (χ0v) is 22.3. The molecule has 3 aromatic carbocycles. The number of nitrogens with zero attached hydrogens (tertiary/aromatic N) is 6.